The maximum absolute atomic E-state index is 10.7. The molecular formula is C29H35Cl2N3O4. The van der Waals surface area contributed by atoms with Crippen LogP contribution in [0.5, 0.6) is 5.75 Å². The number of hydrogen-bond acceptors (Lipinski definition) is 7. The Bertz CT molecular complexity index is 1340. The number of furan rings is 1. The lowest BCUT2D eigenvalue weighted by molar-refractivity contribution is 0.0599. The Morgan fingerprint density at radius 2 is 1.89 bits per heavy atom. The topological polar surface area (TPSA) is 84.8 Å². The first-order valence-electron chi connectivity index (χ1n) is 13.1. The molecule has 9 heteroatoms. The Kier molecular flexibility index (Phi) is 9.36. The molecule has 1 aliphatic heterocycles. The van der Waals surface area contributed by atoms with E-state index in [1.807, 2.05) is 37.3 Å². The number of aliphatic hydroxyl groups is 1. The minimum absolute atomic E-state index is 0. The molecule has 0 aliphatic carbocycles. The van der Waals surface area contributed by atoms with Crippen LogP contribution < -0.4 is 4.74 Å². The summed E-state index contributed by atoms with van der Waals surface area (Å²) in [6, 6.07) is 13.9. The molecule has 0 amide bonds. The molecule has 1 aliphatic rings. The average molecular weight is 561 g/mol. The fraction of sp³-hybridized carbons (Fsp3) is 0.448. The van der Waals surface area contributed by atoms with Crippen molar-refractivity contribution >= 4 is 35.0 Å². The molecule has 1 atom stereocenters. The first-order chi connectivity index (χ1) is 17.9. The van der Waals surface area contributed by atoms with Crippen LogP contribution in [0.15, 0.2) is 51.3 Å². The van der Waals surface area contributed by atoms with Gasteiger partial charge in [0.05, 0.1) is 5.39 Å². The van der Waals surface area contributed by atoms with E-state index < -0.39 is 6.10 Å². The van der Waals surface area contributed by atoms with Gasteiger partial charge < -0.3 is 23.6 Å². The number of piperidine rings is 1. The lowest BCUT2D eigenvalue weighted by Crippen LogP contribution is -2.40. The summed E-state index contributed by atoms with van der Waals surface area (Å²) in [5.74, 6) is 3.01. The molecule has 0 spiro atoms. The monoisotopic (exact) mass is 559 g/mol. The Hall–Kier alpha value is -2.58. The summed E-state index contributed by atoms with van der Waals surface area (Å²) in [7, 11) is 0. The minimum atomic E-state index is -0.593. The van der Waals surface area contributed by atoms with Gasteiger partial charge in [-0.15, -0.1) is 22.6 Å². The van der Waals surface area contributed by atoms with Gasteiger partial charge in [-0.1, -0.05) is 50.6 Å². The molecule has 204 valence electrons. The van der Waals surface area contributed by atoms with Crippen LogP contribution in [0.3, 0.4) is 0 Å². The summed E-state index contributed by atoms with van der Waals surface area (Å²) in [6.45, 7) is 9.00. The predicted octanol–water partition coefficient (Wildman–Crippen LogP) is 6.86. The number of β-amino-alcohol motifs (C(OH)–C–C–N with tert-alkyl or cyclic N) is 1. The van der Waals surface area contributed by atoms with Crippen molar-refractivity contribution < 1.29 is 18.7 Å². The summed E-state index contributed by atoms with van der Waals surface area (Å²) < 4.78 is 17.5. The second-order valence-corrected chi connectivity index (χ2v) is 10.5. The number of halogens is 2. The number of fused-ring (bicyclic) bond motifs is 1. The molecule has 1 fully saturated rings. The van der Waals surface area contributed by atoms with E-state index in [0.29, 0.717) is 53.7 Å². The fourth-order valence-electron chi connectivity index (χ4n) is 5.01. The van der Waals surface area contributed by atoms with Gasteiger partial charge in [0.15, 0.2) is 5.76 Å². The fourth-order valence-corrected chi connectivity index (χ4v) is 5.34. The number of aromatic nitrogens is 2. The molecule has 0 unspecified atom stereocenters. The van der Waals surface area contributed by atoms with Gasteiger partial charge in [0.2, 0.25) is 5.89 Å². The molecule has 7 nitrogen and oxygen atoms in total. The van der Waals surface area contributed by atoms with Crippen LogP contribution in [0, 0.1) is 0 Å². The van der Waals surface area contributed by atoms with Crippen LogP contribution in [0.2, 0.25) is 5.02 Å². The van der Waals surface area contributed by atoms with E-state index in [2.05, 4.69) is 41.1 Å². The predicted molar refractivity (Wildman–Crippen MR) is 152 cm³/mol. The highest BCUT2D eigenvalue weighted by Gasteiger charge is 2.24. The normalized spacial score (nSPS) is 15.6. The van der Waals surface area contributed by atoms with Crippen LogP contribution in [0.25, 0.3) is 22.6 Å². The van der Waals surface area contributed by atoms with Gasteiger partial charge in [-0.2, -0.15) is 0 Å². The summed E-state index contributed by atoms with van der Waals surface area (Å²) in [4.78, 5) is 2.32. The molecule has 0 saturated carbocycles. The maximum atomic E-state index is 10.7. The lowest BCUT2D eigenvalue weighted by Gasteiger charge is -2.33. The summed E-state index contributed by atoms with van der Waals surface area (Å²) in [5, 5.41) is 20.4. The van der Waals surface area contributed by atoms with Crippen molar-refractivity contribution in [2.24, 2.45) is 0 Å². The van der Waals surface area contributed by atoms with Crippen LogP contribution >= 0.6 is 24.0 Å². The third-order valence-corrected chi connectivity index (χ3v) is 7.45. The van der Waals surface area contributed by atoms with Crippen LogP contribution in [0.4, 0.5) is 0 Å². The van der Waals surface area contributed by atoms with E-state index >= 15 is 0 Å². The van der Waals surface area contributed by atoms with Crippen molar-refractivity contribution in [2.75, 3.05) is 26.2 Å². The van der Waals surface area contributed by atoms with E-state index in [4.69, 9.17) is 25.2 Å². The number of hydrogen-bond donors (Lipinski definition) is 1. The highest BCUT2D eigenvalue weighted by atomic mass is 35.5. The molecule has 2 aromatic carbocycles. The number of nitrogens with zero attached hydrogens (tertiary/aromatic N) is 3. The minimum Gasteiger partial charge on any atom is -0.490 e. The van der Waals surface area contributed by atoms with E-state index in [-0.39, 0.29) is 19.0 Å². The van der Waals surface area contributed by atoms with E-state index in [1.54, 1.807) is 0 Å². The lowest BCUT2D eigenvalue weighted by atomic mass is 9.87. The van der Waals surface area contributed by atoms with Gasteiger partial charge in [0.1, 0.15) is 24.0 Å². The summed E-state index contributed by atoms with van der Waals surface area (Å²) in [5.41, 5.74) is 3.26. The molecule has 0 radical (unpaired) electrons. The van der Waals surface area contributed by atoms with Crippen LogP contribution in [0.1, 0.15) is 62.5 Å². The molecule has 3 heterocycles. The van der Waals surface area contributed by atoms with Crippen molar-refractivity contribution in [3.8, 4) is 17.4 Å². The zero-order valence-corrected chi connectivity index (χ0v) is 23.6. The van der Waals surface area contributed by atoms with E-state index in [1.165, 1.54) is 11.1 Å². The van der Waals surface area contributed by atoms with Crippen molar-refractivity contribution in [1.29, 1.82) is 0 Å². The van der Waals surface area contributed by atoms with Crippen molar-refractivity contribution in [2.45, 2.75) is 58.0 Å². The Balaban J connectivity index is 0.00000336. The maximum Gasteiger partial charge on any atom is 0.283 e. The second-order valence-electron chi connectivity index (χ2n) is 10.1. The summed E-state index contributed by atoms with van der Waals surface area (Å²) >= 11 is 6.39. The number of rotatable bonds is 9. The third-order valence-electron chi connectivity index (χ3n) is 7.10. The van der Waals surface area contributed by atoms with Gasteiger partial charge >= 0.3 is 0 Å². The third kappa shape index (κ3) is 6.34. The molecule has 1 saturated heterocycles. The molecular weight excluding hydrogens is 525 g/mol. The molecule has 38 heavy (non-hydrogen) atoms. The molecule has 0 bridgehead atoms. The zero-order chi connectivity index (χ0) is 25.9. The zero-order valence-electron chi connectivity index (χ0n) is 22.0. The van der Waals surface area contributed by atoms with Gasteiger partial charge in [0, 0.05) is 24.1 Å². The molecule has 4 aromatic rings. The van der Waals surface area contributed by atoms with Crippen LogP contribution in [-0.2, 0) is 6.42 Å². The highest BCUT2D eigenvalue weighted by Crippen LogP contribution is 2.34. The smallest absolute Gasteiger partial charge is 0.283 e. The molecule has 2 aromatic heterocycles. The highest BCUT2D eigenvalue weighted by molar-refractivity contribution is 6.31. The Morgan fingerprint density at radius 3 is 2.61 bits per heavy atom. The summed E-state index contributed by atoms with van der Waals surface area (Å²) in [6.07, 6.45) is 2.21. The number of aliphatic hydroxyl groups excluding tert-OH is 1. The first kappa shape index (κ1) is 28.4. The van der Waals surface area contributed by atoms with Crippen LogP contribution in [-0.4, -0.2) is 52.5 Å². The second kappa shape index (κ2) is 12.5. The van der Waals surface area contributed by atoms with Gasteiger partial charge in [-0.25, -0.2) is 0 Å². The van der Waals surface area contributed by atoms with Crippen molar-refractivity contribution in [1.82, 2.24) is 15.1 Å². The average Bonchev–Trinajstić information content (AvgIpc) is 3.55. The first-order valence-corrected chi connectivity index (χ1v) is 13.5. The standard InChI is InChI=1S/C29H34ClN3O4.ClH/c1-4-28-31-32-29(37-28)27-15-23-25(6-5-7-26(23)36-27)35-17-21(34)16-33-12-10-19(11-13-33)20-8-9-24(30)22(14-20)18(2)3;/h5-9,14-15,18-19,21,34H,4,10-13,16-17H2,1-3H3;1H/t21-;/m0./s1. The Labute approximate surface area is 234 Å². The largest absolute Gasteiger partial charge is 0.490 e. The van der Waals surface area contributed by atoms with Gasteiger partial charge in [-0.05, 0) is 67.1 Å². The SMILES string of the molecule is CCc1nnc(-c2cc3c(OC[C@@H](O)CN4CCC(c5ccc(Cl)c(C(C)C)c5)CC4)cccc3o2)o1.Cl. The van der Waals surface area contributed by atoms with Crippen molar-refractivity contribution in [3.05, 3.63) is 64.5 Å². The quantitative estimate of drug-likeness (QED) is 0.239. The number of ether oxygens (including phenoxy) is 1. The number of aryl methyl sites for hydroxylation is 1. The Morgan fingerprint density at radius 1 is 1.11 bits per heavy atom. The van der Waals surface area contributed by atoms with Crippen molar-refractivity contribution in [3.63, 3.8) is 0 Å². The van der Waals surface area contributed by atoms with Gasteiger partial charge in [0.25, 0.3) is 5.89 Å². The molecule has 1 N–H and O–H groups in total. The van der Waals surface area contributed by atoms with E-state index in [0.717, 1.165) is 36.3 Å². The van der Waals surface area contributed by atoms with E-state index in [9.17, 15) is 5.11 Å². The number of likely N-dealkylation sites (tertiary alicyclic amines) is 1. The van der Waals surface area contributed by atoms with Gasteiger partial charge in [-0.3, -0.25) is 0 Å². The molecule has 5 rings (SSSR count). The number of benzene rings is 2.